The number of methoxy groups -OCH3 is 1. The molecule has 3 aromatic heterocycles. The Morgan fingerprint density at radius 2 is 1.85 bits per heavy atom. The summed E-state index contributed by atoms with van der Waals surface area (Å²) in [4.78, 5) is 29.4. The van der Waals surface area contributed by atoms with Crippen molar-refractivity contribution in [3.63, 3.8) is 0 Å². The zero-order valence-corrected chi connectivity index (χ0v) is 14.9. The van der Waals surface area contributed by atoms with Gasteiger partial charge in [-0.25, -0.2) is 19.6 Å². The summed E-state index contributed by atoms with van der Waals surface area (Å²) in [6, 6.07) is 7.12. The maximum Gasteiger partial charge on any atom is 0.254 e. The van der Waals surface area contributed by atoms with E-state index in [1.54, 1.807) is 29.2 Å². The fraction of sp³-hybridized carbons (Fsp3) is 0.278. The highest BCUT2D eigenvalue weighted by atomic mass is 16.5. The smallest absolute Gasteiger partial charge is 0.254 e. The second kappa shape index (κ2) is 7.40. The Hall–Kier alpha value is -3.49. The van der Waals surface area contributed by atoms with E-state index < -0.39 is 0 Å². The molecule has 4 heterocycles. The average molecular weight is 365 g/mol. The molecule has 0 bridgehead atoms. The molecule has 138 valence electrons. The number of aromatic nitrogens is 5. The van der Waals surface area contributed by atoms with E-state index in [1.165, 1.54) is 13.4 Å². The molecule has 0 aliphatic carbocycles. The van der Waals surface area contributed by atoms with Gasteiger partial charge in [0.1, 0.15) is 12.1 Å². The Labute approximate surface area is 156 Å². The van der Waals surface area contributed by atoms with Crippen LogP contribution < -0.4 is 9.64 Å². The van der Waals surface area contributed by atoms with Crippen molar-refractivity contribution in [2.24, 2.45) is 0 Å². The Morgan fingerprint density at radius 3 is 2.59 bits per heavy atom. The Balaban J connectivity index is 1.43. The first kappa shape index (κ1) is 17.0. The van der Waals surface area contributed by atoms with Crippen molar-refractivity contribution in [3.05, 3.63) is 54.7 Å². The van der Waals surface area contributed by atoms with Crippen LogP contribution >= 0.6 is 0 Å². The van der Waals surface area contributed by atoms with Gasteiger partial charge in [0.25, 0.3) is 5.91 Å². The molecule has 1 fully saturated rings. The third-order valence-corrected chi connectivity index (χ3v) is 4.46. The summed E-state index contributed by atoms with van der Waals surface area (Å²) in [5.74, 6) is 1.96. The van der Waals surface area contributed by atoms with Crippen LogP contribution in [0, 0.1) is 0 Å². The second-order valence-electron chi connectivity index (χ2n) is 6.05. The number of pyridine rings is 1. The van der Waals surface area contributed by atoms with Crippen molar-refractivity contribution in [1.82, 2.24) is 29.6 Å². The molecule has 9 heteroatoms. The van der Waals surface area contributed by atoms with Gasteiger partial charge in [-0.15, -0.1) is 0 Å². The second-order valence-corrected chi connectivity index (χ2v) is 6.05. The van der Waals surface area contributed by atoms with Crippen LogP contribution in [-0.2, 0) is 0 Å². The third-order valence-electron chi connectivity index (χ3n) is 4.46. The zero-order valence-electron chi connectivity index (χ0n) is 14.9. The van der Waals surface area contributed by atoms with Crippen LogP contribution in [0.1, 0.15) is 10.4 Å². The van der Waals surface area contributed by atoms with Gasteiger partial charge in [-0.05, 0) is 12.1 Å². The predicted octanol–water partition coefficient (Wildman–Crippen LogP) is 1.03. The Bertz CT molecular complexity index is 921. The van der Waals surface area contributed by atoms with Crippen LogP contribution in [0.5, 0.6) is 5.88 Å². The number of piperazine rings is 1. The first-order chi connectivity index (χ1) is 13.2. The molecule has 0 N–H and O–H groups in total. The number of hydrogen-bond donors (Lipinski definition) is 0. The summed E-state index contributed by atoms with van der Waals surface area (Å²) in [6.07, 6.45) is 6.67. The van der Waals surface area contributed by atoms with E-state index in [4.69, 9.17) is 4.74 Å². The van der Waals surface area contributed by atoms with Crippen molar-refractivity contribution in [1.29, 1.82) is 0 Å². The standard InChI is InChI=1S/C18H19N7O2/c1-27-17-11-14(3-5-19-17)18(26)24-9-7-23(8-10-24)15-12-16(21-13-20-15)25-6-2-4-22-25/h2-6,11-13H,7-10H2,1H3. The van der Waals surface area contributed by atoms with E-state index >= 15 is 0 Å². The summed E-state index contributed by atoms with van der Waals surface area (Å²) < 4.78 is 6.79. The molecule has 1 aliphatic heterocycles. The number of amides is 1. The third kappa shape index (κ3) is 3.57. The first-order valence-electron chi connectivity index (χ1n) is 8.61. The SMILES string of the molecule is COc1cc(C(=O)N2CCN(c3cc(-n4cccn4)ncn3)CC2)ccn1. The molecule has 0 atom stereocenters. The lowest BCUT2D eigenvalue weighted by atomic mass is 10.2. The summed E-state index contributed by atoms with van der Waals surface area (Å²) in [7, 11) is 1.54. The molecule has 9 nitrogen and oxygen atoms in total. The maximum atomic E-state index is 12.7. The molecule has 3 aromatic rings. The Morgan fingerprint density at radius 1 is 1.04 bits per heavy atom. The van der Waals surface area contributed by atoms with E-state index in [-0.39, 0.29) is 5.91 Å². The van der Waals surface area contributed by atoms with Crippen molar-refractivity contribution in [3.8, 4) is 11.7 Å². The van der Waals surface area contributed by atoms with E-state index in [9.17, 15) is 4.79 Å². The van der Waals surface area contributed by atoms with Crippen molar-refractivity contribution >= 4 is 11.7 Å². The monoisotopic (exact) mass is 365 g/mol. The van der Waals surface area contributed by atoms with Gasteiger partial charge in [0, 0.05) is 62.5 Å². The van der Waals surface area contributed by atoms with Gasteiger partial charge in [-0.1, -0.05) is 0 Å². The van der Waals surface area contributed by atoms with Gasteiger partial charge in [0.15, 0.2) is 5.82 Å². The van der Waals surface area contributed by atoms with Crippen LogP contribution in [0.15, 0.2) is 49.2 Å². The molecule has 1 saturated heterocycles. The highest BCUT2D eigenvalue weighted by Gasteiger charge is 2.23. The zero-order chi connectivity index (χ0) is 18.6. The quantitative estimate of drug-likeness (QED) is 0.682. The first-order valence-corrected chi connectivity index (χ1v) is 8.61. The normalized spacial score (nSPS) is 14.3. The fourth-order valence-corrected chi connectivity index (χ4v) is 3.02. The molecular weight excluding hydrogens is 346 g/mol. The molecule has 1 aliphatic rings. The predicted molar refractivity (Wildman–Crippen MR) is 98.1 cm³/mol. The highest BCUT2D eigenvalue weighted by molar-refractivity contribution is 5.94. The van der Waals surface area contributed by atoms with E-state index in [2.05, 4.69) is 25.0 Å². The molecule has 27 heavy (non-hydrogen) atoms. The van der Waals surface area contributed by atoms with Crippen molar-refractivity contribution in [2.75, 3.05) is 38.2 Å². The minimum Gasteiger partial charge on any atom is -0.481 e. The highest BCUT2D eigenvalue weighted by Crippen LogP contribution is 2.17. The van der Waals surface area contributed by atoms with Crippen LogP contribution in [0.2, 0.25) is 0 Å². The summed E-state index contributed by atoms with van der Waals surface area (Å²) in [5.41, 5.74) is 0.582. The Kier molecular flexibility index (Phi) is 4.65. The van der Waals surface area contributed by atoms with Crippen LogP contribution in [-0.4, -0.2) is 68.8 Å². The van der Waals surface area contributed by atoms with Gasteiger partial charge in [0.05, 0.1) is 7.11 Å². The van der Waals surface area contributed by atoms with E-state index in [1.807, 2.05) is 23.2 Å². The van der Waals surface area contributed by atoms with Crippen LogP contribution in [0.3, 0.4) is 0 Å². The molecule has 4 rings (SSSR count). The summed E-state index contributed by atoms with van der Waals surface area (Å²) in [6.45, 7) is 2.63. The lowest BCUT2D eigenvalue weighted by Crippen LogP contribution is -2.49. The molecule has 0 spiro atoms. The molecule has 0 unspecified atom stereocenters. The molecule has 1 amide bonds. The van der Waals surface area contributed by atoms with E-state index in [0.717, 1.165) is 5.82 Å². The number of anilines is 1. The molecular formula is C18H19N7O2. The number of carbonyl (C=O) groups is 1. The number of hydrogen-bond acceptors (Lipinski definition) is 7. The topological polar surface area (TPSA) is 89.3 Å². The molecule has 0 aromatic carbocycles. The van der Waals surface area contributed by atoms with Gasteiger partial charge in [0.2, 0.25) is 5.88 Å². The molecule has 0 radical (unpaired) electrons. The van der Waals surface area contributed by atoms with Gasteiger partial charge < -0.3 is 14.5 Å². The van der Waals surface area contributed by atoms with Gasteiger partial charge in [-0.2, -0.15) is 5.10 Å². The summed E-state index contributed by atoms with van der Waals surface area (Å²) >= 11 is 0. The fourth-order valence-electron chi connectivity index (χ4n) is 3.02. The minimum atomic E-state index is -0.0183. The maximum absolute atomic E-state index is 12.7. The summed E-state index contributed by atoms with van der Waals surface area (Å²) in [5, 5.41) is 4.20. The van der Waals surface area contributed by atoms with Crippen molar-refractivity contribution in [2.45, 2.75) is 0 Å². The number of ether oxygens (including phenoxy) is 1. The van der Waals surface area contributed by atoms with Crippen LogP contribution in [0.25, 0.3) is 5.82 Å². The lowest BCUT2D eigenvalue weighted by Gasteiger charge is -2.35. The average Bonchev–Trinajstić information content (AvgIpc) is 3.28. The molecule has 0 saturated carbocycles. The minimum absolute atomic E-state index is 0.0183. The number of carbonyl (C=O) groups excluding carboxylic acids is 1. The number of nitrogens with zero attached hydrogens (tertiary/aromatic N) is 7. The van der Waals surface area contributed by atoms with Crippen LogP contribution in [0.4, 0.5) is 5.82 Å². The lowest BCUT2D eigenvalue weighted by molar-refractivity contribution is 0.0746. The number of rotatable bonds is 4. The van der Waals surface area contributed by atoms with Gasteiger partial charge in [-0.3, -0.25) is 4.79 Å². The van der Waals surface area contributed by atoms with E-state index in [0.29, 0.717) is 43.4 Å². The van der Waals surface area contributed by atoms with Gasteiger partial charge >= 0.3 is 0 Å². The van der Waals surface area contributed by atoms with Crippen molar-refractivity contribution < 1.29 is 9.53 Å². The largest absolute Gasteiger partial charge is 0.481 e.